The van der Waals surface area contributed by atoms with Gasteiger partial charge in [0.25, 0.3) is 0 Å². The Hall–Kier alpha value is -2.77. The van der Waals surface area contributed by atoms with Crippen molar-refractivity contribution in [1.29, 1.82) is 0 Å². The number of carbonyl (C=O) groups excluding carboxylic acids is 1. The van der Waals surface area contributed by atoms with Gasteiger partial charge in [0.2, 0.25) is 5.91 Å². The SMILES string of the molecule is O=C(CSc1nc(-c2ccccc2)nc2ccccc12)Nc1cncs1. The van der Waals surface area contributed by atoms with Crippen LogP contribution in [0, 0.1) is 0 Å². The zero-order valence-corrected chi connectivity index (χ0v) is 15.3. The maximum Gasteiger partial charge on any atom is 0.235 e. The van der Waals surface area contributed by atoms with Crippen LogP contribution in [0.3, 0.4) is 0 Å². The van der Waals surface area contributed by atoms with Crippen molar-refractivity contribution in [3.8, 4) is 11.4 Å². The fraction of sp³-hybridized carbons (Fsp3) is 0.0526. The molecule has 1 N–H and O–H groups in total. The summed E-state index contributed by atoms with van der Waals surface area (Å²) in [6.07, 6.45) is 1.64. The predicted octanol–water partition coefficient (Wildman–Crippen LogP) is 4.48. The lowest BCUT2D eigenvalue weighted by Gasteiger charge is -2.08. The number of hydrogen-bond acceptors (Lipinski definition) is 6. The Labute approximate surface area is 158 Å². The molecule has 0 unspecified atom stereocenters. The summed E-state index contributed by atoms with van der Waals surface area (Å²) < 4.78 is 0. The number of rotatable bonds is 5. The molecule has 2 aromatic heterocycles. The van der Waals surface area contributed by atoms with Gasteiger partial charge in [-0.05, 0) is 6.07 Å². The number of thioether (sulfide) groups is 1. The minimum absolute atomic E-state index is 0.0804. The topological polar surface area (TPSA) is 67.8 Å². The molecule has 2 heterocycles. The molecule has 4 aromatic rings. The number of aromatic nitrogens is 3. The first-order valence-corrected chi connectivity index (χ1v) is 9.79. The van der Waals surface area contributed by atoms with E-state index in [1.165, 1.54) is 23.1 Å². The van der Waals surface area contributed by atoms with Gasteiger partial charge in [0, 0.05) is 10.9 Å². The second kappa shape index (κ2) is 7.63. The zero-order valence-electron chi connectivity index (χ0n) is 13.6. The van der Waals surface area contributed by atoms with Gasteiger partial charge in [-0.25, -0.2) is 9.97 Å². The number of amides is 1. The van der Waals surface area contributed by atoms with Gasteiger partial charge in [-0.15, -0.1) is 11.3 Å². The molecule has 0 bridgehead atoms. The van der Waals surface area contributed by atoms with Crippen LogP contribution in [0.1, 0.15) is 0 Å². The van der Waals surface area contributed by atoms with Crippen molar-refractivity contribution in [2.45, 2.75) is 5.03 Å². The first-order chi connectivity index (χ1) is 12.8. The zero-order chi connectivity index (χ0) is 17.8. The number of nitrogens with zero attached hydrogens (tertiary/aromatic N) is 3. The molecule has 0 atom stereocenters. The van der Waals surface area contributed by atoms with E-state index in [9.17, 15) is 4.79 Å². The quantitative estimate of drug-likeness (QED) is 0.409. The lowest BCUT2D eigenvalue weighted by molar-refractivity contribution is -0.113. The predicted molar refractivity (Wildman–Crippen MR) is 106 cm³/mol. The third kappa shape index (κ3) is 3.74. The van der Waals surface area contributed by atoms with Gasteiger partial charge in [0.1, 0.15) is 10.0 Å². The van der Waals surface area contributed by atoms with Crippen molar-refractivity contribution in [3.63, 3.8) is 0 Å². The maximum absolute atomic E-state index is 12.2. The number of benzene rings is 2. The summed E-state index contributed by atoms with van der Waals surface area (Å²) in [7, 11) is 0. The van der Waals surface area contributed by atoms with Crippen LogP contribution in [-0.2, 0) is 4.79 Å². The Balaban J connectivity index is 1.62. The average Bonchev–Trinajstić information content (AvgIpc) is 3.19. The van der Waals surface area contributed by atoms with E-state index in [0.29, 0.717) is 5.82 Å². The molecule has 4 rings (SSSR count). The van der Waals surface area contributed by atoms with Crippen LogP contribution in [-0.4, -0.2) is 26.6 Å². The van der Waals surface area contributed by atoms with Crippen LogP contribution in [0.2, 0.25) is 0 Å². The van der Waals surface area contributed by atoms with E-state index in [0.717, 1.165) is 26.5 Å². The van der Waals surface area contributed by atoms with Gasteiger partial charge in [0.15, 0.2) is 5.82 Å². The number of hydrogen-bond donors (Lipinski definition) is 1. The molecule has 0 aliphatic rings. The molecule has 0 radical (unpaired) electrons. The largest absolute Gasteiger partial charge is 0.316 e. The number of thiazole rings is 1. The molecule has 0 aliphatic heterocycles. The molecule has 1 amide bonds. The van der Waals surface area contributed by atoms with E-state index in [2.05, 4.69) is 15.3 Å². The highest BCUT2D eigenvalue weighted by molar-refractivity contribution is 8.00. The first kappa shape index (κ1) is 16.7. The molecule has 0 saturated carbocycles. The minimum Gasteiger partial charge on any atom is -0.316 e. The van der Waals surface area contributed by atoms with Crippen molar-refractivity contribution in [3.05, 3.63) is 66.3 Å². The van der Waals surface area contributed by atoms with Crippen molar-refractivity contribution < 1.29 is 4.79 Å². The van der Waals surface area contributed by atoms with E-state index >= 15 is 0 Å². The number of carbonyl (C=O) groups is 1. The van der Waals surface area contributed by atoms with E-state index in [-0.39, 0.29) is 11.7 Å². The molecule has 2 aromatic carbocycles. The van der Waals surface area contributed by atoms with Crippen molar-refractivity contribution in [2.75, 3.05) is 11.1 Å². The normalized spacial score (nSPS) is 10.8. The first-order valence-electron chi connectivity index (χ1n) is 7.93. The summed E-state index contributed by atoms with van der Waals surface area (Å²) in [5, 5.41) is 5.33. The van der Waals surface area contributed by atoms with Gasteiger partial charge < -0.3 is 5.32 Å². The Morgan fingerprint density at radius 3 is 2.65 bits per heavy atom. The van der Waals surface area contributed by atoms with Gasteiger partial charge in [-0.2, -0.15) is 0 Å². The Morgan fingerprint density at radius 2 is 1.85 bits per heavy atom. The molecule has 0 saturated heterocycles. The van der Waals surface area contributed by atoms with Crippen molar-refractivity contribution in [1.82, 2.24) is 15.0 Å². The smallest absolute Gasteiger partial charge is 0.235 e. The highest BCUT2D eigenvalue weighted by atomic mass is 32.2. The third-order valence-corrected chi connectivity index (χ3v) is 5.31. The summed E-state index contributed by atoms with van der Waals surface area (Å²) >= 11 is 2.81. The Bertz CT molecular complexity index is 1040. The summed E-state index contributed by atoms with van der Waals surface area (Å²) in [6, 6.07) is 17.7. The second-order valence-electron chi connectivity index (χ2n) is 5.44. The van der Waals surface area contributed by atoms with Gasteiger partial charge in [-0.1, -0.05) is 60.3 Å². The van der Waals surface area contributed by atoms with E-state index in [4.69, 9.17) is 4.98 Å². The third-order valence-electron chi connectivity index (χ3n) is 3.64. The van der Waals surface area contributed by atoms with Crippen molar-refractivity contribution >= 4 is 44.9 Å². The van der Waals surface area contributed by atoms with Gasteiger partial charge in [-0.3, -0.25) is 9.78 Å². The summed E-state index contributed by atoms with van der Waals surface area (Å²) in [4.78, 5) is 25.5. The van der Waals surface area contributed by atoms with Crippen LogP contribution in [0.25, 0.3) is 22.3 Å². The molecule has 0 aliphatic carbocycles. The summed E-state index contributed by atoms with van der Waals surface area (Å²) in [5.41, 5.74) is 3.51. The highest BCUT2D eigenvalue weighted by Crippen LogP contribution is 2.28. The van der Waals surface area contributed by atoms with Crippen LogP contribution in [0.4, 0.5) is 5.00 Å². The Morgan fingerprint density at radius 1 is 1.04 bits per heavy atom. The number of fused-ring (bicyclic) bond motifs is 1. The minimum atomic E-state index is -0.0804. The highest BCUT2D eigenvalue weighted by Gasteiger charge is 2.12. The Kier molecular flexibility index (Phi) is 4.90. The monoisotopic (exact) mass is 378 g/mol. The van der Waals surface area contributed by atoms with Gasteiger partial charge >= 0.3 is 0 Å². The molecule has 26 heavy (non-hydrogen) atoms. The van der Waals surface area contributed by atoms with E-state index in [1.54, 1.807) is 11.7 Å². The molecule has 0 spiro atoms. The molecule has 7 heteroatoms. The second-order valence-corrected chi connectivity index (χ2v) is 7.29. The van der Waals surface area contributed by atoms with Crippen molar-refractivity contribution in [2.24, 2.45) is 0 Å². The molecule has 128 valence electrons. The molecular weight excluding hydrogens is 364 g/mol. The number of anilines is 1. The number of nitrogens with one attached hydrogen (secondary N) is 1. The fourth-order valence-corrected chi connectivity index (χ4v) is 3.81. The van der Waals surface area contributed by atoms with E-state index in [1.807, 2.05) is 54.6 Å². The molecular formula is C19H14N4OS2. The van der Waals surface area contributed by atoms with E-state index < -0.39 is 0 Å². The van der Waals surface area contributed by atoms with Crippen LogP contribution >= 0.6 is 23.1 Å². The van der Waals surface area contributed by atoms with Crippen LogP contribution in [0.5, 0.6) is 0 Å². The summed E-state index contributed by atoms with van der Waals surface area (Å²) in [6.45, 7) is 0. The molecule has 0 fully saturated rings. The number of para-hydroxylation sites is 1. The van der Waals surface area contributed by atoms with Crippen LogP contribution < -0.4 is 5.32 Å². The van der Waals surface area contributed by atoms with Gasteiger partial charge in [0.05, 0.1) is 23.0 Å². The summed E-state index contributed by atoms with van der Waals surface area (Å²) in [5.74, 6) is 0.852. The standard InChI is InChI=1S/C19H14N4OS2/c24-16(22-17-10-20-12-26-17)11-25-19-14-8-4-5-9-15(14)21-18(23-19)13-6-2-1-3-7-13/h1-10,12H,11H2,(H,22,24). The lowest BCUT2D eigenvalue weighted by atomic mass is 10.2. The average molecular weight is 378 g/mol. The van der Waals surface area contributed by atoms with Crippen LogP contribution in [0.15, 0.2) is 71.3 Å². The molecule has 5 nitrogen and oxygen atoms in total. The maximum atomic E-state index is 12.2. The fourth-order valence-electron chi connectivity index (χ4n) is 2.46. The lowest BCUT2D eigenvalue weighted by Crippen LogP contribution is -2.13.